The van der Waals surface area contributed by atoms with Crippen LogP contribution in [-0.4, -0.2) is 17.6 Å². The molecule has 0 heterocycles. The molecule has 3 N–H and O–H groups in total. The first-order valence-corrected chi connectivity index (χ1v) is 8.29. The lowest BCUT2D eigenvalue weighted by atomic mass is 9.74. The summed E-state index contributed by atoms with van der Waals surface area (Å²) >= 11 is 0. The predicted octanol–water partition coefficient (Wildman–Crippen LogP) is 4.13. The SMILES string of the molecule is CCC(C)Oc1ccc(NC(=O)C2CCCCC2(C)N)cc1.Cl. The maximum Gasteiger partial charge on any atom is 0.229 e. The van der Waals surface area contributed by atoms with Crippen LogP contribution in [0.4, 0.5) is 5.69 Å². The van der Waals surface area contributed by atoms with E-state index < -0.39 is 5.54 Å². The Morgan fingerprint density at radius 1 is 1.39 bits per heavy atom. The monoisotopic (exact) mass is 340 g/mol. The molecule has 1 aromatic carbocycles. The molecule has 5 heteroatoms. The molecule has 0 bridgehead atoms. The molecule has 23 heavy (non-hydrogen) atoms. The van der Waals surface area contributed by atoms with Crippen LogP contribution in [0.2, 0.25) is 0 Å². The number of amides is 1. The highest BCUT2D eigenvalue weighted by Crippen LogP contribution is 2.32. The molecule has 0 spiro atoms. The molecule has 1 aromatic rings. The molecule has 4 nitrogen and oxygen atoms in total. The molecular weight excluding hydrogens is 312 g/mol. The van der Waals surface area contributed by atoms with Gasteiger partial charge in [0.15, 0.2) is 0 Å². The van der Waals surface area contributed by atoms with E-state index in [0.29, 0.717) is 0 Å². The number of rotatable bonds is 5. The van der Waals surface area contributed by atoms with Gasteiger partial charge in [-0.1, -0.05) is 19.8 Å². The maximum atomic E-state index is 12.5. The van der Waals surface area contributed by atoms with Crippen LogP contribution >= 0.6 is 12.4 Å². The van der Waals surface area contributed by atoms with Crippen molar-refractivity contribution in [2.75, 3.05) is 5.32 Å². The molecule has 3 unspecified atom stereocenters. The highest BCUT2D eigenvalue weighted by molar-refractivity contribution is 5.93. The standard InChI is InChI=1S/C18H28N2O2.ClH/c1-4-13(2)22-15-10-8-14(9-11-15)20-17(21)16-7-5-6-12-18(16,3)19;/h8-11,13,16H,4-7,12,19H2,1-3H3,(H,20,21);1H. The zero-order valence-electron chi connectivity index (χ0n) is 14.3. The minimum atomic E-state index is -0.401. The number of hydrogen-bond donors (Lipinski definition) is 2. The van der Waals surface area contributed by atoms with E-state index in [9.17, 15) is 4.79 Å². The molecule has 0 radical (unpaired) electrons. The van der Waals surface area contributed by atoms with Gasteiger partial charge in [-0.2, -0.15) is 0 Å². The topological polar surface area (TPSA) is 64.3 Å². The van der Waals surface area contributed by atoms with Crippen LogP contribution in [-0.2, 0) is 4.79 Å². The number of nitrogens with one attached hydrogen (secondary N) is 1. The van der Waals surface area contributed by atoms with E-state index >= 15 is 0 Å². The number of carbonyl (C=O) groups excluding carboxylic acids is 1. The zero-order chi connectivity index (χ0) is 16.2. The molecule has 0 aliphatic heterocycles. The van der Waals surface area contributed by atoms with E-state index in [2.05, 4.69) is 12.2 Å². The first-order valence-electron chi connectivity index (χ1n) is 8.29. The van der Waals surface area contributed by atoms with Crippen molar-refractivity contribution in [2.45, 2.75) is 64.5 Å². The largest absolute Gasteiger partial charge is 0.491 e. The Bertz CT molecular complexity index is 502. The number of nitrogens with two attached hydrogens (primary N) is 1. The molecule has 2 rings (SSSR count). The van der Waals surface area contributed by atoms with Gasteiger partial charge in [-0.05, 0) is 57.4 Å². The molecule has 1 amide bonds. The van der Waals surface area contributed by atoms with E-state index in [1.165, 1.54) is 0 Å². The van der Waals surface area contributed by atoms with E-state index in [1.807, 2.05) is 38.1 Å². The normalized spacial score (nSPS) is 25.1. The van der Waals surface area contributed by atoms with Gasteiger partial charge in [0, 0.05) is 11.2 Å². The van der Waals surface area contributed by atoms with E-state index in [-0.39, 0.29) is 30.3 Å². The summed E-state index contributed by atoms with van der Waals surface area (Å²) in [6.07, 6.45) is 5.13. The van der Waals surface area contributed by atoms with Crippen molar-refractivity contribution in [1.82, 2.24) is 0 Å². The van der Waals surface area contributed by atoms with Crippen LogP contribution in [0.1, 0.15) is 52.9 Å². The van der Waals surface area contributed by atoms with Crippen LogP contribution in [0, 0.1) is 5.92 Å². The van der Waals surface area contributed by atoms with E-state index in [1.54, 1.807) is 0 Å². The van der Waals surface area contributed by atoms with Crippen molar-refractivity contribution in [3.63, 3.8) is 0 Å². The van der Waals surface area contributed by atoms with E-state index in [4.69, 9.17) is 10.5 Å². The van der Waals surface area contributed by atoms with Crippen molar-refractivity contribution in [1.29, 1.82) is 0 Å². The number of ether oxygens (including phenoxy) is 1. The fourth-order valence-electron chi connectivity index (χ4n) is 2.95. The number of carbonyl (C=O) groups is 1. The molecule has 130 valence electrons. The molecule has 0 saturated heterocycles. The molecular formula is C18H29ClN2O2. The second-order valence-electron chi connectivity index (χ2n) is 6.65. The molecule has 1 aliphatic rings. The lowest BCUT2D eigenvalue weighted by molar-refractivity contribution is -0.122. The highest BCUT2D eigenvalue weighted by Gasteiger charge is 2.37. The predicted molar refractivity (Wildman–Crippen MR) is 97.3 cm³/mol. The summed E-state index contributed by atoms with van der Waals surface area (Å²) < 4.78 is 5.74. The Hall–Kier alpha value is -1.26. The number of hydrogen-bond acceptors (Lipinski definition) is 3. The van der Waals surface area contributed by atoms with Gasteiger partial charge in [0.1, 0.15) is 5.75 Å². The summed E-state index contributed by atoms with van der Waals surface area (Å²) in [4.78, 5) is 12.5. The van der Waals surface area contributed by atoms with Crippen molar-refractivity contribution < 1.29 is 9.53 Å². The summed E-state index contributed by atoms with van der Waals surface area (Å²) in [5.41, 5.74) is 6.68. The molecule has 3 atom stereocenters. The van der Waals surface area contributed by atoms with Crippen molar-refractivity contribution in [2.24, 2.45) is 11.7 Å². The van der Waals surface area contributed by atoms with Gasteiger partial charge >= 0.3 is 0 Å². The van der Waals surface area contributed by atoms with Gasteiger partial charge in [-0.3, -0.25) is 4.79 Å². The minimum absolute atomic E-state index is 0. The Balaban J connectivity index is 0.00000264. The first-order chi connectivity index (χ1) is 10.4. The Labute approximate surface area is 145 Å². The fraction of sp³-hybridized carbons (Fsp3) is 0.611. The molecule has 1 saturated carbocycles. The first kappa shape index (κ1) is 19.8. The zero-order valence-corrected chi connectivity index (χ0v) is 15.1. The maximum absolute atomic E-state index is 12.5. The number of benzene rings is 1. The van der Waals surface area contributed by atoms with Gasteiger partial charge in [-0.15, -0.1) is 12.4 Å². The third kappa shape index (κ3) is 5.40. The van der Waals surface area contributed by atoms with Crippen molar-refractivity contribution in [3.05, 3.63) is 24.3 Å². The summed E-state index contributed by atoms with van der Waals surface area (Å²) in [6, 6.07) is 7.55. The van der Waals surface area contributed by atoms with Crippen molar-refractivity contribution >= 4 is 24.0 Å². The van der Waals surface area contributed by atoms with Gasteiger partial charge in [0.05, 0.1) is 12.0 Å². The number of anilines is 1. The number of halogens is 1. The Kier molecular flexibility index (Phi) is 7.36. The van der Waals surface area contributed by atoms with Gasteiger partial charge < -0.3 is 15.8 Å². The Morgan fingerprint density at radius 2 is 2.04 bits per heavy atom. The second kappa shape index (κ2) is 8.55. The molecule has 0 aromatic heterocycles. The van der Waals surface area contributed by atoms with Gasteiger partial charge in [0.25, 0.3) is 0 Å². The third-order valence-corrected chi connectivity index (χ3v) is 4.60. The quantitative estimate of drug-likeness (QED) is 0.847. The molecule has 1 aliphatic carbocycles. The molecule has 1 fully saturated rings. The third-order valence-electron chi connectivity index (χ3n) is 4.60. The van der Waals surface area contributed by atoms with Crippen LogP contribution in [0.5, 0.6) is 5.75 Å². The van der Waals surface area contributed by atoms with Gasteiger partial charge in [0.2, 0.25) is 5.91 Å². The highest BCUT2D eigenvalue weighted by atomic mass is 35.5. The lowest BCUT2D eigenvalue weighted by Crippen LogP contribution is -2.51. The van der Waals surface area contributed by atoms with E-state index in [0.717, 1.165) is 43.5 Å². The van der Waals surface area contributed by atoms with Crippen LogP contribution in [0.25, 0.3) is 0 Å². The average Bonchev–Trinajstić information content (AvgIpc) is 2.48. The lowest BCUT2D eigenvalue weighted by Gasteiger charge is -2.37. The Morgan fingerprint density at radius 3 is 2.61 bits per heavy atom. The van der Waals surface area contributed by atoms with Gasteiger partial charge in [-0.25, -0.2) is 0 Å². The fourth-order valence-corrected chi connectivity index (χ4v) is 2.95. The average molecular weight is 341 g/mol. The summed E-state index contributed by atoms with van der Waals surface area (Å²) in [6.45, 7) is 6.12. The summed E-state index contributed by atoms with van der Waals surface area (Å²) in [5.74, 6) is 0.742. The van der Waals surface area contributed by atoms with Crippen LogP contribution < -0.4 is 15.8 Å². The van der Waals surface area contributed by atoms with Crippen molar-refractivity contribution in [3.8, 4) is 5.75 Å². The smallest absolute Gasteiger partial charge is 0.229 e. The summed E-state index contributed by atoms with van der Waals surface area (Å²) in [5, 5.41) is 2.99. The second-order valence-corrected chi connectivity index (χ2v) is 6.65. The summed E-state index contributed by atoms with van der Waals surface area (Å²) in [7, 11) is 0. The van der Waals surface area contributed by atoms with Crippen LogP contribution in [0.15, 0.2) is 24.3 Å². The minimum Gasteiger partial charge on any atom is -0.491 e. The van der Waals surface area contributed by atoms with Crippen LogP contribution in [0.3, 0.4) is 0 Å².